The van der Waals surface area contributed by atoms with Crippen LogP contribution in [0.25, 0.3) is 11.0 Å². The fourth-order valence-corrected chi connectivity index (χ4v) is 4.69. The molecule has 3 aromatic rings. The van der Waals surface area contributed by atoms with Crippen molar-refractivity contribution in [3.8, 4) is 0 Å². The largest absolute Gasteiger partial charge is 0.466 e. The number of ether oxygens (including phenoxy) is 1. The summed E-state index contributed by atoms with van der Waals surface area (Å²) >= 11 is 0. The van der Waals surface area contributed by atoms with Crippen LogP contribution in [0.3, 0.4) is 0 Å². The summed E-state index contributed by atoms with van der Waals surface area (Å²) in [5.41, 5.74) is 2.52. The molecule has 2 aromatic carbocycles. The van der Waals surface area contributed by atoms with Crippen molar-refractivity contribution in [2.45, 2.75) is 45.6 Å². The number of carbonyl (C=O) groups excluding carboxylic acids is 2. The van der Waals surface area contributed by atoms with Crippen molar-refractivity contribution >= 4 is 22.9 Å². The highest BCUT2D eigenvalue weighted by Gasteiger charge is 2.44. The molecule has 0 aliphatic carbocycles. The first kappa shape index (κ1) is 22.1. The average molecular weight is 434 g/mol. The highest BCUT2D eigenvalue weighted by molar-refractivity contribution is 5.81. The van der Waals surface area contributed by atoms with Gasteiger partial charge in [0.25, 0.3) is 0 Å². The number of fused-ring (bicyclic) bond motifs is 1. The third kappa shape index (κ3) is 4.85. The van der Waals surface area contributed by atoms with Gasteiger partial charge in [0.15, 0.2) is 0 Å². The van der Waals surface area contributed by atoms with E-state index in [4.69, 9.17) is 4.74 Å². The summed E-state index contributed by atoms with van der Waals surface area (Å²) in [6.07, 6.45) is 5.23. The molecule has 1 atom stereocenters. The molecule has 4 rings (SSSR count). The molecule has 0 saturated carbocycles. The number of aryl methyl sites for hydroxylation is 2. The van der Waals surface area contributed by atoms with Gasteiger partial charge in [-0.05, 0) is 50.3 Å². The van der Waals surface area contributed by atoms with Crippen molar-refractivity contribution in [2.24, 2.45) is 5.41 Å². The second kappa shape index (κ2) is 9.98. The van der Waals surface area contributed by atoms with Crippen LogP contribution in [0.15, 0.2) is 60.9 Å². The van der Waals surface area contributed by atoms with Gasteiger partial charge in [-0.25, -0.2) is 4.98 Å². The molecule has 1 aliphatic rings. The maximum absolute atomic E-state index is 13.1. The number of carbonyl (C=O) groups is 2. The summed E-state index contributed by atoms with van der Waals surface area (Å²) in [6, 6.07) is 18.1. The molecule has 0 unspecified atom stereocenters. The smallest absolute Gasteiger partial charge is 0.313 e. The van der Waals surface area contributed by atoms with Gasteiger partial charge in [0.1, 0.15) is 0 Å². The molecule has 1 amide bonds. The van der Waals surface area contributed by atoms with Crippen LogP contribution in [0.2, 0.25) is 0 Å². The predicted octanol–water partition coefficient (Wildman–Crippen LogP) is 4.23. The number of piperidine rings is 1. The maximum Gasteiger partial charge on any atom is 0.313 e. The lowest BCUT2D eigenvalue weighted by Gasteiger charge is -2.41. The molecule has 0 spiro atoms. The SMILES string of the molecule is CCOC(=O)[C@@]1(CCc2ccccc2)CCCN(C(=O)CCn2cnc3ccccc32)C1. The maximum atomic E-state index is 13.1. The van der Waals surface area contributed by atoms with Crippen molar-refractivity contribution in [3.05, 3.63) is 66.5 Å². The topological polar surface area (TPSA) is 64.4 Å². The number of hydrogen-bond donors (Lipinski definition) is 0. The highest BCUT2D eigenvalue weighted by atomic mass is 16.5. The third-order valence-corrected chi connectivity index (χ3v) is 6.47. The predicted molar refractivity (Wildman–Crippen MR) is 124 cm³/mol. The number of amides is 1. The molecule has 1 saturated heterocycles. The Kier molecular flexibility index (Phi) is 6.88. The van der Waals surface area contributed by atoms with Crippen LogP contribution >= 0.6 is 0 Å². The number of rotatable bonds is 8. The first-order valence-electron chi connectivity index (χ1n) is 11.5. The van der Waals surface area contributed by atoms with Crippen molar-refractivity contribution in [2.75, 3.05) is 19.7 Å². The molecule has 1 aromatic heterocycles. The molecule has 2 heterocycles. The number of likely N-dealkylation sites (tertiary alicyclic amines) is 1. The molecule has 6 heteroatoms. The second-order valence-corrected chi connectivity index (χ2v) is 8.58. The van der Waals surface area contributed by atoms with Crippen LogP contribution in [-0.2, 0) is 27.3 Å². The molecule has 1 fully saturated rings. The van der Waals surface area contributed by atoms with Crippen LogP contribution in [0.5, 0.6) is 0 Å². The van der Waals surface area contributed by atoms with E-state index in [2.05, 4.69) is 17.1 Å². The van der Waals surface area contributed by atoms with Crippen LogP contribution < -0.4 is 0 Å². The van der Waals surface area contributed by atoms with Crippen molar-refractivity contribution in [3.63, 3.8) is 0 Å². The first-order chi connectivity index (χ1) is 15.6. The average Bonchev–Trinajstić information content (AvgIpc) is 3.25. The van der Waals surface area contributed by atoms with Gasteiger partial charge in [0.2, 0.25) is 5.91 Å². The number of nitrogens with zero attached hydrogens (tertiary/aromatic N) is 3. The summed E-state index contributed by atoms with van der Waals surface area (Å²) in [7, 11) is 0. The molecule has 168 valence electrons. The minimum atomic E-state index is -0.637. The van der Waals surface area contributed by atoms with E-state index in [1.54, 1.807) is 6.33 Å². The lowest BCUT2D eigenvalue weighted by atomic mass is 9.75. The van der Waals surface area contributed by atoms with Crippen LogP contribution in [0.1, 0.15) is 38.2 Å². The molecular weight excluding hydrogens is 402 g/mol. The molecule has 1 aliphatic heterocycles. The standard InChI is InChI=1S/C26H31N3O3/c1-2-32-25(31)26(16-13-21-9-4-3-5-10-21)15-8-17-28(19-26)24(30)14-18-29-20-27-22-11-6-7-12-23(22)29/h3-7,9-12,20H,2,8,13-19H2,1H3/t26-/m1/s1. The van der Waals surface area contributed by atoms with Crippen molar-refractivity contribution in [1.82, 2.24) is 14.5 Å². The zero-order valence-corrected chi connectivity index (χ0v) is 18.7. The van der Waals surface area contributed by atoms with Crippen LogP contribution in [0, 0.1) is 5.41 Å². The van der Waals surface area contributed by atoms with E-state index in [1.807, 2.05) is 58.9 Å². The number of benzene rings is 2. The van der Waals surface area contributed by atoms with Gasteiger partial charge in [0.05, 0.1) is 29.4 Å². The molecule has 0 radical (unpaired) electrons. The lowest BCUT2D eigenvalue weighted by molar-refractivity contribution is -0.161. The number of aromatic nitrogens is 2. The summed E-state index contributed by atoms with van der Waals surface area (Å²) < 4.78 is 7.50. The van der Waals surface area contributed by atoms with E-state index in [9.17, 15) is 9.59 Å². The molecule has 0 N–H and O–H groups in total. The summed E-state index contributed by atoms with van der Waals surface area (Å²) in [5.74, 6) is -0.0927. The quantitative estimate of drug-likeness (QED) is 0.499. The minimum absolute atomic E-state index is 0.0795. The fourth-order valence-electron chi connectivity index (χ4n) is 4.69. The van der Waals surface area contributed by atoms with E-state index in [1.165, 1.54) is 5.56 Å². The zero-order chi connectivity index (χ0) is 22.4. The third-order valence-electron chi connectivity index (χ3n) is 6.47. The Labute approximate surface area is 189 Å². The Balaban J connectivity index is 1.44. The summed E-state index contributed by atoms with van der Waals surface area (Å²) in [5, 5.41) is 0. The van der Waals surface area contributed by atoms with Gasteiger partial charge in [0, 0.05) is 26.1 Å². The molecule has 0 bridgehead atoms. The monoisotopic (exact) mass is 433 g/mol. The first-order valence-corrected chi connectivity index (χ1v) is 11.5. The van der Waals surface area contributed by atoms with Gasteiger partial charge in [-0.15, -0.1) is 0 Å². The number of esters is 1. The van der Waals surface area contributed by atoms with E-state index in [0.29, 0.717) is 39.1 Å². The Hall–Kier alpha value is -3.15. The minimum Gasteiger partial charge on any atom is -0.466 e. The van der Waals surface area contributed by atoms with Crippen molar-refractivity contribution in [1.29, 1.82) is 0 Å². The van der Waals surface area contributed by atoms with Gasteiger partial charge in [-0.1, -0.05) is 42.5 Å². The van der Waals surface area contributed by atoms with E-state index in [-0.39, 0.29) is 11.9 Å². The van der Waals surface area contributed by atoms with Crippen LogP contribution in [0.4, 0.5) is 0 Å². The molecule has 6 nitrogen and oxygen atoms in total. The number of para-hydroxylation sites is 2. The Morgan fingerprint density at radius 3 is 2.69 bits per heavy atom. The lowest BCUT2D eigenvalue weighted by Crippen LogP contribution is -2.51. The van der Waals surface area contributed by atoms with Gasteiger partial charge in [-0.2, -0.15) is 0 Å². The molecule has 32 heavy (non-hydrogen) atoms. The van der Waals surface area contributed by atoms with E-state index in [0.717, 1.165) is 30.3 Å². The Morgan fingerprint density at radius 1 is 1.09 bits per heavy atom. The van der Waals surface area contributed by atoms with Gasteiger partial charge < -0.3 is 14.2 Å². The van der Waals surface area contributed by atoms with Crippen molar-refractivity contribution < 1.29 is 14.3 Å². The van der Waals surface area contributed by atoms with E-state index >= 15 is 0 Å². The fraction of sp³-hybridized carbons (Fsp3) is 0.423. The normalized spacial score (nSPS) is 18.6. The Bertz CT molecular complexity index is 1060. The van der Waals surface area contributed by atoms with E-state index < -0.39 is 5.41 Å². The van der Waals surface area contributed by atoms with Gasteiger partial charge in [-0.3, -0.25) is 9.59 Å². The zero-order valence-electron chi connectivity index (χ0n) is 18.7. The number of hydrogen-bond acceptors (Lipinski definition) is 4. The highest BCUT2D eigenvalue weighted by Crippen LogP contribution is 2.36. The van der Waals surface area contributed by atoms with Crippen LogP contribution in [-0.4, -0.2) is 46.0 Å². The molecular formula is C26H31N3O3. The summed E-state index contributed by atoms with van der Waals surface area (Å²) in [4.78, 5) is 32.4. The van der Waals surface area contributed by atoms with Gasteiger partial charge >= 0.3 is 5.97 Å². The Morgan fingerprint density at radius 2 is 1.88 bits per heavy atom. The summed E-state index contributed by atoms with van der Waals surface area (Å²) in [6.45, 7) is 3.89. The number of imidazole rings is 1. The second-order valence-electron chi connectivity index (χ2n) is 8.58.